The number of morpholine rings is 1. The Bertz CT molecular complexity index is 6950. The van der Waals surface area contributed by atoms with Gasteiger partial charge in [-0.3, -0.25) is 77.2 Å². The van der Waals surface area contributed by atoms with Crippen molar-refractivity contribution in [2.75, 3.05) is 98.8 Å². The number of amides is 4. The van der Waals surface area contributed by atoms with Crippen molar-refractivity contribution in [2.24, 2.45) is 25.0 Å². The fraction of sp³-hybridized carbons (Fsp3) is 0.373. The molecule has 9 aromatic heterocycles. The standard InChI is InChI=1S/C26H32ClN7OS.C26H25ClN6OS.C25H29ClN6O2S.C25H25ClN6OS/c1-16-17(2)36-26-23(16)24(19-5-7-20(27)8-6-19)29-21(25-31-30-18(3)34(25)26)15-22(35)28-9-10-33-13-11-32(4)12-14-33;1-15-16(2)35-26-23(15)24(19-6-8-20(27)9-7-19)30-21(25-32-31-17(3)33(25)26)13-22(34)29-12-10-18-5-4-11-28-14-18;1-15-16(2)35-25-22(15)23(18-4-6-19(26)7-5-18)28-20(24-30-29-17(3)32(24)25)14-21(33)27-8-9-31-10-12-34-13-11-31;1-14-15(2)34-25-22(14)23(18-4-6-19(26)7-5-18)29-20(24-31-30-16(3)32(24)25)12-21(33)28-11-9-17-8-10-27-13-17/h5-8,21H,9-15H2,1-4H3,(H,28,35);4-9,11,14,21H,10,12-13H2,1-3H3,(H,29,34);4-7,20H,8-14H2,1-3H3,(H,27,33);4-7,10,13,20H,8-9,11-12H2,1-3H3,(H,28,33)/t2*21-;2*20-/m0000/s1. The lowest BCUT2D eigenvalue weighted by Gasteiger charge is -2.32. The summed E-state index contributed by atoms with van der Waals surface area (Å²) >= 11 is 31.5. The van der Waals surface area contributed by atoms with E-state index < -0.39 is 24.2 Å². The first-order valence-electron chi connectivity index (χ1n) is 46.9. The van der Waals surface area contributed by atoms with Gasteiger partial charge in [0, 0.05) is 194 Å². The van der Waals surface area contributed by atoms with E-state index in [1.165, 1.54) is 47.3 Å². The normalized spacial score (nSPS) is 16.9. The number of piperazine rings is 1. The number of carbonyl (C=O) groups is 4. The van der Waals surface area contributed by atoms with Crippen LogP contribution in [0.1, 0.15) is 201 Å². The molecule has 7 aliphatic heterocycles. The minimum Gasteiger partial charge on any atom is -0.379 e. The molecule has 4 atom stereocenters. The van der Waals surface area contributed by atoms with E-state index in [0.717, 1.165) is 195 Å². The van der Waals surface area contributed by atoms with Gasteiger partial charge in [0.25, 0.3) is 0 Å². The summed E-state index contributed by atoms with van der Waals surface area (Å²) in [6.07, 6.45) is 10.5. The van der Waals surface area contributed by atoms with Gasteiger partial charge < -0.3 is 30.9 Å². The zero-order valence-electron chi connectivity index (χ0n) is 80.4. The molecule has 2 fully saturated rings. The number of hydrogen-bond acceptors (Lipinski definition) is 26. The summed E-state index contributed by atoms with van der Waals surface area (Å²) < 4.78 is 13.7. The topological polar surface area (TPSA) is 333 Å². The highest BCUT2D eigenvalue weighted by atomic mass is 35.5. The third kappa shape index (κ3) is 22.5. The van der Waals surface area contributed by atoms with Crippen molar-refractivity contribution in [2.45, 2.75) is 152 Å². The summed E-state index contributed by atoms with van der Waals surface area (Å²) in [6, 6.07) is 32.9. The zero-order chi connectivity index (χ0) is 98.3. The van der Waals surface area contributed by atoms with Gasteiger partial charge in [0.2, 0.25) is 23.6 Å². The molecule has 0 radical (unpaired) electrons. The van der Waals surface area contributed by atoms with Crippen LogP contribution in [0.25, 0.3) is 20.0 Å². The number of pyridine rings is 1. The first-order chi connectivity index (χ1) is 67.6. The largest absolute Gasteiger partial charge is 0.379 e. The number of benzene rings is 4. The van der Waals surface area contributed by atoms with Gasteiger partial charge in [0.15, 0.2) is 23.3 Å². The van der Waals surface area contributed by atoms with Crippen LogP contribution in [0.3, 0.4) is 0 Å². The average molecular weight is 2040 g/mol. The van der Waals surface area contributed by atoms with E-state index in [-0.39, 0.29) is 49.3 Å². The highest BCUT2D eigenvalue weighted by Gasteiger charge is 2.39. The molecule has 140 heavy (non-hydrogen) atoms. The second-order valence-electron chi connectivity index (χ2n) is 35.6. The zero-order valence-corrected chi connectivity index (χ0v) is 86.7. The predicted octanol–water partition coefficient (Wildman–Crippen LogP) is 17.2. The summed E-state index contributed by atoms with van der Waals surface area (Å²) in [5.41, 5.74) is 18.5. The second kappa shape index (κ2) is 44.7. The molecule has 0 bridgehead atoms. The number of likely N-dealkylation sites (N-methyl/N-ethyl adjacent to an activating group) is 1. The van der Waals surface area contributed by atoms with E-state index in [4.69, 9.17) is 71.1 Å². The van der Waals surface area contributed by atoms with Crippen LogP contribution >= 0.6 is 91.8 Å². The Balaban J connectivity index is 0.000000129. The van der Waals surface area contributed by atoms with Crippen LogP contribution in [0.2, 0.25) is 20.1 Å². The Morgan fingerprint density at radius 1 is 0.386 bits per heavy atom. The van der Waals surface area contributed by atoms with E-state index >= 15 is 0 Å². The number of aryl methyl sites for hydroxylation is 8. The van der Waals surface area contributed by atoms with Crippen LogP contribution in [-0.4, -0.2) is 230 Å². The molecule has 4 N–H and O–H groups in total. The minimum atomic E-state index is -0.473. The summed E-state index contributed by atoms with van der Waals surface area (Å²) in [4.78, 5) is 92.7. The van der Waals surface area contributed by atoms with Crippen LogP contribution in [-0.2, 0) is 30.3 Å². The van der Waals surface area contributed by atoms with Crippen LogP contribution in [0.15, 0.2) is 158 Å². The number of hydrogen-bond donors (Lipinski definition) is 4. The molecule has 4 amide bonds. The molecule has 20 rings (SSSR count). The molecular weight excluding hydrogens is 1930 g/mol. The van der Waals surface area contributed by atoms with E-state index in [1.807, 2.05) is 156 Å². The maximum absolute atomic E-state index is 13.1. The first-order valence-corrected chi connectivity index (χ1v) is 51.7. The molecule has 0 aliphatic carbocycles. The van der Waals surface area contributed by atoms with Gasteiger partial charge in [0.1, 0.15) is 67.5 Å². The third-order valence-electron chi connectivity index (χ3n) is 26.1. The molecule has 16 heterocycles. The molecule has 0 unspecified atom stereocenters. The molecule has 13 aromatic rings. The molecule has 4 aromatic carbocycles. The fourth-order valence-electron chi connectivity index (χ4n) is 17.9. The van der Waals surface area contributed by atoms with Gasteiger partial charge >= 0.3 is 0 Å². The van der Waals surface area contributed by atoms with Crippen molar-refractivity contribution in [3.05, 3.63) is 292 Å². The van der Waals surface area contributed by atoms with Crippen molar-refractivity contribution < 1.29 is 23.9 Å². The molecule has 38 heteroatoms. The molecule has 726 valence electrons. The van der Waals surface area contributed by atoms with Gasteiger partial charge in [-0.15, -0.1) is 86.1 Å². The number of aromatic nitrogens is 13. The SMILES string of the molecule is Cc1sc2c(c1C)C(c1ccc(Cl)cc1)=N[C@@H](CC(=O)NCCC1=CN=CC1)c1nnc(C)n1-2.Cc1sc2c(c1C)C(c1ccc(Cl)cc1)=N[C@@H](CC(=O)NCCN1CCN(C)CC1)c1nnc(C)n1-2.Cc1sc2c(c1C)C(c1ccc(Cl)cc1)=N[C@@H](CC(=O)NCCN1CCOCC1)c1nnc(C)n1-2.Cc1sc2c(c1C)C(c1ccc(Cl)cc1)=N[C@@H](CC(=O)NCCc1cccnc1)c1nnc(C)n1-2. The van der Waals surface area contributed by atoms with Crippen molar-refractivity contribution in [1.29, 1.82) is 0 Å². The maximum atomic E-state index is 13.1. The number of halogens is 4. The number of nitrogens with one attached hydrogen (secondary N) is 4. The third-order valence-corrected chi connectivity index (χ3v) is 31.9. The van der Waals surface area contributed by atoms with E-state index in [9.17, 15) is 19.2 Å². The van der Waals surface area contributed by atoms with Gasteiger partial charge in [-0.05, 0) is 191 Å². The van der Waals surface area contributed by atoms with E-state index in [1.54, 1.807) is 51.5 Å². The number of thiophene rings is 4. The first kappa shape index (κ1) is 99.9. The van der Waals surface area contributed by atoms with Crippen molar-refractivity contribution in [1.82, 2.24) is 100 Å². The van der Waals surface area contributed by atoms with E-state index in [2.05, 4.69) is 167 Å². The number of fused-ring (bicyclic) bond motifs is 12. The Kier molecular flexibility index (Phi) is 31.9. The molecule has 0 saturated carbocycles. The molecule has 30 nitrogen and oxygen atoms in total. The summed E-state index contributed by atoms with van der Waals surface area (Å²) in [6.45, 7) is 36.2. The lowest BCUT2D eigenvalue weighted by molar-refractivity contribution is -0.122. The Hall–Kier alpha value is -11.6. The number of rotatable bonds is 24. The van der Waals surface area contributed by atoms with Crippen molar-refractivity contribution in [3.8, 4) is 20.0 Å². The van der Waals surface area contributed by atoms with Crippen LogP contribution in [0.5, 0.6) is 0 Å². The molecule has 2 saturated heterocycles. The van der Waals surface area contributed by atoms with Gasteiger partial charge in [-0.25, -0.2) is 0 Å². The summed E-state index contributed by atoms with van der Waals surface area (Å²) in [5.74, 6) is 5.67. The minimum absolute atomic E-state index is 0.0290. The Morgan fingerprint density at radius 3 is 0.993 bits per heavy atom. The van der Waals surface area contributed by atoms with Crippen LogP contribution in [0.4, 0.5) is 0 Å². The molecule has 0 spiro atoms. The van der Waals surface area contributed by atoms with Gasteiger partial charge in [-0.1, -0.05) is 101 Å². The van der Waals surface area contributed by atoms with Gasteiger partial charge in [-0.2, -0.15) is 0 Å². The second-order valence-corrected chi connectivity index (χ2v) is 42.2. The monoisotopic (exact) mass is 2030 g/mol. The predicted molar refractivity (Wildman–Crippen MR) is 559 cm³/mol. The van der Waals surface area contributed by atoms with Crippen molar-refractivity contribution in [3.63, 3.8) is 0 Å². The maximum Gasteiger partial charge on any atom is 0.222 e. The number of carbonyl (C=O) groups excluding carboxylic acids is 4. The smallest absolute Gasteiger partial charge is 0.222 e. The lowest BCUT2D eigenvalue weighted by Crippen LogP contribution is -2.47. The molecule has 7 aliphatic rings. The quantitative estimate of drug-likeness (QED) is 0.0437. The number of ether oxygens (including phenoxy) is 1. The highest BCUT2D eigenvalue weighted by Crippen LogP contribution is 2.46. The van der Waals surface area contributed by atoms with E-state index in [0.29, 0.717) is 76.0 Å². The van der Waals surface area contributed by atoms with Gasteiger partial charge in [0.05, 0.1) is 61.7 Å². The Morgan fingerprint density at radius 2 is 0.693 bits per heavy atom. The average Bonchev–Trinajstić information content (AvgIpc) is 1.60. The summed E-state index contributed by atoms with van der Waals surface area (Å²) in [7, 11) is 2.15. The summed E-state index contributed by atoms with van der Waals surface area (Å²) in [5, 5.41) is 54.4. The number of nitrogens with zero attached hydrogens (tertiary/aromatic N) is 21. The fourth-order valence-corrected chi connectivity index (χ4v) is 23.3. The Labute approximate surface area is 849 Å². The van der Waals surface area contributed by atoms with Crippen LogP contribution < -0.4 is 21.3 Å². The highest BCUT2D eigenvalue weighted by molar-refractivity contribution is 7.16. The molecular formula is C102H111Cl4N25O5S4. The van der Waals surface area contributed by atoms with Crippen LogP contribution in [0, 0.1) is 83.1 Å². The lowest BCUT2D eigenvalue weighted by atomic mass is 9.99. The number of aliphatic imine (C=N–C) groups is 5. The van der Waals surface area contributed by atoms with Crippen molar-refractivity contribution >= 4 is 144 Å².